The topological polar surface area (TPSA) is 34.9 Å². The highest BCUT2D eigenvalue weighted by molar-refractivity contribution is 7.98. The predicted molar refractivity (Wildman–Crippen MR) is 70.8 cm³/mol. The summed E-state index contributed by atoms with van der Waals surface area (Å²) < 4.78 is 1.74. The summed E-state index contributed by atoms with van der Waals surface area (Å²) in [5, 5.41) is 1.60. The van der Waals surface area contributed by atoms with Crippen molar-refractivity contribution in [3.05, 3.63) is 20.8 Å². The van der Waals surface area contributed by atoms with Crippen LogP contribution in [0.3, 0.4) is 0 Å². The molecule has 86 valence electrons. The first kappa shape index (κ1) is 11.7. The molecular formula is C11H14N2OS2. The van der Waals surface area contributed by atoms with Crippen molar-refractivity contribution >= 4 is 33.3 Å². The number of aryl methyl sites for hydroxylation is 2. The highest BCUT2D eigenvalue weighted by Crippen LogP contribution is 2.27. The molecule has 2 aromatic rings. The van der Waals surface area contributed by atoms with Crippen LogP contribution >= 0.6 is 23.1 Å². The van der Waals surface area contributed by atoms with Gasteiger partial charge in [0.2, 0.25) is 0 Å². The molecule has 3 nitrogen and oxygen atoms in total. The number of fused-ring (bicyclic) bond motifs is 1. The van der Waals surface area contributed by atoms with Gasteiger partial charge in [-0.15, -0.1) is 11.3 Å². The van der Waals surface area contributed by atoms with E-state index in [4.69, 9.17) is 0 Å². The first-order chi connectivity index (χ1) is 7.60. The molecule has 0 aromatic carbocycles. The number of thioether (sulfide) groups is 1. The predicted octanol–water partition coefficient (Wildman–Crippen LogP) is 2.82. The van der Waals surface area contributed by atoms with E-state index in [1.165, 1.54) is 16.6 Å². The summed E-state index contributed by atoms with van der Waals surface area (Å²) in [5.74, 6) is 0. The highest BCUT2D eigenvalue weighted by Gasteiger charge is 2.14. The minimum atomic E-state index is 0.0960. The summed E-state index contributed by atoms with van der Waals surface area (Å²) in [6.07, 6.45) is 1.95. The summed E-state index contributed by atoms with van der Waals surface area (Å²) in [5.41, 5.74) is 1.17. The molecular weight excluding hydrogens is 240 g/mol. The molecule has 0 N–H and O–H groups in total. The molecule has 2 heterocycles. The van der Waals surface area contributed by atoms with Gasteiger partial charge in [0.25, 0.3) is 5.56 Å². The number of aromatic nitrogens is 2. The molecule has 0 radical (unpaired) electrons. The van der Waals surface area contributed by atoms with Crippen molar-refractivity contribution in [2.24, 2.45) is 0 Å². The van der Waals surface area contributed by atoms with Crippen LogP contribution in [0, 0.1) is 13.8 Å². The van der Waals surface area contributed by atoms with E-state index in [2.05, 4.69) is 4.98 Å². The Morgan fingerprint density at radius 3 is 2.69 bits per heavy atom. The maximum absolute atomic E-state index is 12.3. The van der Waals surface area contributed by atoms with Gasteiger partial charge in [-0.3, -0.25) is 9.36 Å². The van der Waals surface area contributed by atoms with Crippen LogP contribution in [0.5, 0.6) is 0 Å². The average Bonchev–Trinajstić information content (AvgIpc) is 2.54. The summed E-state index contributed by atoms with van der Waals surface area (Å²) in [7, 11) is 0. The molecule has 5 heteroatoms. The highest BCUT2D eigenvalue weighted by atomic mass is 32.2. The monoisotopic (exact) mass is 254 g/mol. The van der Waals surface area contributed by atoms with Gasteiger partial charge in [0, 0.05) is 11.4 Å². The summed E-state index contributed by atoms with van der Waals surface area (Å²) in [6, 6.07) is 0. The molecule has 0 aliphatic rings. The first-order valence-electron chi connectivity index (χ1n) is 5.14. The standard InChI is InChI=1S/C11H14N2OS2/c1-5-13-10(14)8-6(2)7(3)16-9(8)12-11(13)15-4/h5H2,1-4H3. The van der Waals surface area contributed by atoms with Crippen LogP contribution in [0.1, 0.15) is 17.4 Å². The fourth-order valence-electron chi connectivity index (χ4n) is 1.74. The SMILES string of the molecule is CCn1c(SC)nc2sc(C)c(C)c2c1=O. The van der Waals surface area contributed by atoms with Gasteiger partial charge in [0.1, 0.15) is 4.83 Å². The number of thiophene rings is 1. The minimum Gasteiger partial charge on any atom is -0.287 e. The number of rotatable bonds is 2. The Morgan fingerprint density at radius 1 is 1.44 bits per heavy atom. The number of hydrogen-bond acceptors (Lipinski definition) is 4. The van der Waals surface area contributed by atoms with Crippen molar-refractivity contribution in [2.45, 2.75) is 32.5 Å². The van der Waals surface area contributed by atoms with Gasteiger partial charge in [-0.1, -0.05) is 11.8 Å². The Balaban J connectivity index is 2.94. The van der Waals surface area contributed by atoms with E-state index in [1.807, 2.05) is 27.0 Å². The number of nitrogens with zero attached hydrogens (tertiary/aromatic N) is 2. The minimum absolute atomic E-state index is 0.0960. The van der Waals surface area contributed by atoms with Crippen LogP contribution in [0.2, 0.25) is 0 Å². The Hall–Kier alpha value is -0.810. The van der Waals surface area contributed by atoms with Crippen molar-refractivity contribution < 1.29 is 0 Å². The summed E-state index contributed by atoms with van der Waals surface area (Å²) in [6.45, 7) is 6.68. The largest absolute Gasteiger partial charge is 0.287 e. The first-order valence-corrected chi connectivity index (χ1v) is 7.18. The molecule has 0 saturated carbocycles. The van der Waals surface area contributed by atoms with E-state index in [9.17, 15) is 4.79 Å². The van der Waals surface area contributed by atoms with E-state index in [-0.39, 0.29) is 5.56 Å². The fraction of sp³-hybridized carbons (Fsp3) is 0.455. The maximum Gasteiger partial charge on any atom is 0.263 e. The molecule has 0 amide bonds. The molecule has 0 atom stereocenters. The van der Waals surface area contributed by atoms with E-state index in [1.54, 1.807) is 15.9 Å². The third-order valence-corrected chi connectivity index (χ3v) is 4.53. The number of hydrogen-bond donors (Lipinski definition) is 0. The lowest BCUT2D eigenvalue weighted by atomic mass is 10.2. The fourth-order valence-corrected chi connectivity index (χ4v) is 3.44. The van der Waals surface area contributed by atoms with Crippen molar-refractivity contribution in [2.75, 3.05) is 6.26 Å². The zero-order chi connectivity index (χ0) is 11.9. The molecule has 0 aliphatic carbocycles. The van der Waals surface area contributed by atoms with Gasteiger partial charge in [0.05, 0.1) is 5.39 Å². The van der Waals surface area contributed by atoms with Crippen molar-refractivity contribution in [1.82, 2.24) is 9.55 Å². The van der Waals surface area contributed by atoms with Gasteiger partial charge in [0.15, 0.2) is 5.16 Å². The Bertz CT molecular complexity index is 598. The smallest absolute Gasteiger partial charge is 0.263 e. The third-order valence-electron chi connectivity index (χ3n) is 2.75. The van der Waals surface area contributed by atoms with Crippen LogP contribution in [0.4, 0.5) is 0 Å². The molecule has 2 rings (SSSR count). The Morgan fingerprint density at radius 2 is 2.12 bits per heavy atom. The van der Waals surface area contributed by atoms with Crippen molar-refractivity contribution in [3.8, 4) is 0 Å². The van der Waals surface area contributed by atoms with E-state index in [0.717, 1.165) is 20.9 Å². The van der Waals surface area contributed by atoms with Crippen molar-refractivity contribution in [3.63, 3.8) is 0 Å². The van der Waals surface area contributed by atoms with Gasteiger partial charge in [-0.2, -0.15) is 0 Å². The average molecular weight is 254 g/mol. The van der Waals surface area contributed by atoms with E-state index >= 15 is 0 Å². The summed E-state index contributed by atoms with van der Waals surface area (Å²) >= 11 is 3.13. The lowest BCUT2D eigenvalue weighted by Gasteiger charge is -2.07. The molecule has 0 spiro atoms. The van der Waals surface area contributed by atoms with Gasteiger partial charge < -0.3 is 0 Å². The van der Waals surface area contributed by atoms with Crippen LogP contribution in [0.25, 0.3) is 10.2 Å². The molecule has 16 heavy (non-hydrogen) atoms. The van der Waals surface area contributed by atoms with Gasteiger partial charge >= 0.3 is 0 Å². The molecule has 2 aromatic heterocycles. The lowest BCUT2D eigenvalue weighted by molar-refractivity contribution is 0.636. The Labute approximate surface area is 103 Å². The van der Waals surface area contributed by atoms with Gasteiger partial charge in [-0.05, 0) is 32.6 Å². The molecule has 0 fully saturated rings. The molecule has 0 unspecified atom stereocenters. The van der Waals surface area contributed by atoms with Gasteiger partial charge in [-0.25, -0.2) is 4.98 Å². The normalized spacial score (nSPS) is 11.2. The van der Waals surface area contributed by atoms with E-state index in [0.29, 0.717) is 6.54 Å². The van der Waals surface area contributed by atoms with Crippen molar-refractivity contribution in [1.29, 1.82) is 0 Å². The second-order valence-electron chi connectivity index (χ2n) is 3.61. The quantitative estimate of drug-likeness (QED) is 0.610. The van der Waals surface area contributed by atoms with Crippen LogP contribution in [-0.4, -0.2) is 15.8 Å². The third kappa shape index (κ3) is 1.58. The second-order valence-corrected chi connectivity index (χ2v) is 5.59. The zero-order valence-corrected chi connectivity index (χ0v) is 11.5. The summed E-state index contributed by atoms with van der Waals surface area (Å²) in [4.78, 5) is 18.9. The molecule has 0 bridgehead atoms. The molecule has 0 saturated heterocycles. The zero-order valence-electron chi connectivity index (χ0n) is 9.83. The second kappa shape index (κ2) is 4.22. The Kier molecular flexibility index (Phi) is 3.08. The molecule has 0 aliphatic heterocycles. The van der Waals surface area contributed by atoms with Crippen LogP contribution < -0.4 is 5.56 Å². The maximum atomic E-state index is 12.3. The lowest BCUT2D eigenvalue weighted by Crippen LogP contribution is -2.22. The van der Waals surface area contributed by atoms with Crippen LogP contribution in [0.15, 0.2) is 9.95 Å². The van der Waals surface area contributed by atoms with E-state index < -0.39 is 0 Å². The van der Waals surface area contributed by atoms with Crippen LogP contribution in [-0.2, 0) is 6.54 Å².